The summed E-state index contributed by atoms with van der Waals surface area (Å²) in [6.45, 7) is 2.07. The van der Waals surface area contributed by atoms with Crippen molar-refractivity contribution in [1.82, 2.24) is 4.31 Å². The van der Waals surface area contributed by atoms with Crippen LogP contribution >= 0.6 is 11.3 Å². The van der Waals surface area contributed by atoms with Gasteiger partial charge in [-0.05, 0) is 57.1 Å². The van der Waals surface area contributed by atoms with Crippen LogP contribution in [0.25, 0.3) is 0 Å². The van der Waals surface area contributed by atoms with Gasteiger partial charge >= 0.3 is 0 Å². The first-order valence-corrected chi connectivity index (χ1v) is 10.2. The Balaban J connectivity index is 1.65. The molecule has 2 unspecified atom stereocenters. The van der Waals surface area contributed by atoms with Crippen molar-refractivity contribution in [2.75, 3.05) is 0 Å². The maximum atomic E-state index is 13.0. The van der Waals surface area contributed by atoms with Crippen molar-refractivity contribution in [1.29, 1.82) is 0 Å². The van der Waals surface area contributed by atoms with Crippen molar-refractivity contribution in [3.63, 3.8) is 0 Å². The van der Waals surface area contributed by atoms with E-state index < -0.39 is 10.0 Å². The van der Waals surface area contributed by atoms with Crippen LogP contribution in [-0.2, 0) is 16.4 Å². The number of thiophene rings is 1. The van der Waals surface area contributed by atoms with Gasteiger partial charge in [0, 0.05) is 17.0 Å². The summed E-state index contributed by atoms with van der Waals surface area (Å²) in [5, 5.41) is 0. The lowest BCUT2D eigenvalue weighted by atomic mass is 9.98. The van der Waals surface area contributed by atoms with E-state index in [9.17, 15) is 8.42 Å². The Morgan fingerprint density at radius 2 is 1.81 bits per heavy atom. The number of piperidine rings is 1. The highest BCUT2D eigenvalue weighted by Gasteiger charge is 2.46. The lowest BCUT2D eigenvalue weighted by Gasteiger charge is -2.34. The van der Waals surface area contributed by atoms with Crippen LogP contribution in [0.15, 0.2) is 27.5 Å². The Labute approximate surface area is 130 Å². The van der Waals surface area contributed by atoms with Crippen molar-refractivity contribution in [3.05, 3.63) is 28.2 Å². The second-order valence-electron chi connectivity index (χ2n) is 6.41. The van der Waals surface area contributed by atoms with Gasteiger partial charge in [-0.25, -0.2) is 8.42 Å². The minimum atomic E-state index is -3.29. The molecule has 5 heteroatoms. The third kappa shape index (κ3) is 2.30. The summed E-state index contributed by atoms with van der Waals surface area (Å²) >= 11 is 1.44. The number of allylic oxidation sites excluding steroid dienone is 1. The average molecular weight is 323 g/mol. The van der Waals surface area contributed by atoms with Crippen LogP contribution in [0.2, 0.25) is 0 Å². The van der Waals surface area contributed by atoms with Crippen LogP contribution in [0.3, 0.4) is 0 Å². The van der Waals surface area contributed by atoms with Crippen molar-refractivity contribution in [2.45, 2.75) is 68.2 Å². The minimum Gasteiger partial charge on any atom is -0.206 e. The highest BCUT2D eigenvalue weighted by Crippen LogP contribution is 2.47. The van der Waals surface area contributed by atoms with Gasteiger partial charge in [0.1, 0.15) is 4.21 Å². The van der Waals surface area contributed by atoms with Crippen LogP contribution in [-0.4, -0.2) is 24.8 Å². The number of hydrogen-bond acceptors (Lipinski definition) is 3. The zero-order valence-electron chi connectivity index (χ0n) is 12.3. The zero-order chi connectivity index (χ0) is 14.6. The van der Waals surface area contributed by atoms with E-state index in [-0.39, 0.29) is 12.1 Å². The van der Waals surface area contributed by atoms with E-state index in [1.54, 1.807) is 17.2 Å². The highest BCUT2D eigenvalue weighted by atomic mass is 32.2. The van der Waals surface area contributed by atoms with Crippen molar-refractivity contribution in [3.8, 4) is 0 Å². The average Bonchev–Trinajstić information content (AvgIpc) is 3.13. The van der Waals surface area contributed by atoms with Crippen LogP contribution < -0.4 is 0 Å². The molecule has 1 aromatic heterocycles. The molecule has 1 aromatic rings. The van der Waals surface area contributed by atoms with Gasteiger partial charge in [-0.2, -0.15) is 4.31 Å². The topological polar surface area (TPSA) is 37.4 Å². The second kappa shape index (κ2) is 4.93. The van der Waals surface area contributed by atoms with Gasteiger partial charge in [0.25, 0.3) is 10.0 Å². The summed E-state index contributed by atoms with van der Waals surface area (Å²) in [4.78, 5) is 1.15. The van der Waals surface area contributed by atoms with Crippen molar-refractivity contribution in [2.24, 2.45) is 0 Å². The van der Waals surface area contributed by atoms with E-state index in [4.69, 9.17) is 0 Å². The number of rotatable bonds is 3. The Morgan fingerprint density at radius 1 is 1.14 bits per heavy atom. The minimum absolute atomic E-state index is 0.212. The Kier molecular flexibility index (Phi) is 3.28. The molecule has 114 valence electrons. The van der Waals surface area contributed by atoms with Crippen molar-refractivity contribution >= 4 is 21.4 Å². The molecule has 0 aromatic carbocycles. The normalized spacial score (nSPS) is 29.2. The van der Waals surface area contributed by atoms with Crippen LogP contribution in [0.1, 0.15) is 50.3 Å². The summed E-state index contributed by atoms with van der Waals surface area (Å²) in [5.74, 6) is 0. The van der Waals surface area contributed by atoms with Gasteiger partial charge < -0.3 is 0 Å². The van der Waals surface area contributed by atoms with E-state index in [0.29, 0.717) is 4.21 Å². The Hall–Kier alpha value is -0.650. The molecule has 4 rings (SSSR count). The van der Waals surface area contributed by atoms with Crippen LogP contribution in [0, 0.1) is 0 Å². The molecule has 1 aliphatic carbocycles. The van der Waals surface area contributed by atoms with E-state index >= 15 is 0 Å². The molecule has 2 saturated heterocycles. The van der Waals surface area contributed by atoms with E-state index in [0.717, 1.165) is 37.0 Å². The Morgan fingerprint density at radius 3 is 2.33 bits per heavy atom. The van der Waals surface area contributed by atoms with Gasteiger partial charge in [-0.15, -0.1) is 11.3 Å². The maximum Gasteiger partial charge on any atom is 0.253 e. The fourth-order valence-corrected chi connectivity index (χ4v) is 7.13. The number of fused-ring (bicyclic) bond motifs is 2. The summed E-state index contributed by atoms with van der Waals surface area (Å²) in [6, 6.07) is 4.18. The van der Waals surface area contributed by atoms with E-state index in [1.807, 2.05) is 10.4 Å². The van der Waals surface area contributed by atoms with Gasteiger partial charge in [-0.1, -0.05) is 18.1 Å². The Bertz CT molecular complexity index is 680. The van der Waals surface area contributed by atoms with Gasteiger partial charge in [0.15, 0.2) is 0 Å². The molecule has 3 heterocycles. The predicted molar refractivity (Wildman–Crippen MR) is 85.0 cm³/mol. The first-order valence-electron chi connectivity index (χ1n) is 7.91. The lowest BCUT2D eigenvalue weighted by molar-refractivity contribution is 0.285. The molecular formula is C16H21NO2S2. The molecule has 21 heavy (non-hydrogen) atoms. The predicted octanol–water partition coefficient (Wildman–Crippen LogP) is 3.72. The molecule has 0 amide bonds. The summed E-state index contributed by atoms with van der Waals surface area (Å²) in [7, 11) is -3.29. The monoisotopic (exact) mass is 323 g/mol. The standard InChI is InChI=1S/C16H21NO2S2/c1-2-15-7-8-16(20-15)21(18,19)17-13-5-6-14(17)10-12(9-13)11-3-4-11/h7-8,13-14H,2-6,9-10H2,1H3. The van der Waals surface area contributed by atoms with Crippen LogP contribution in [0.5, 0.6) is 0 Å². The lowest BCUT2D eigenvalue weighted by Crippen LogP contribution is -2.44. The highest BCUT2D eigenvalue weighted by molar-refractivity contribution is 7.91. The summed E-state index contributed by atoms with van der Waals surface area (Å²) < 4.78 is 28.4. The first kappa shape index (κ1) is 14.0. The third-order valence-electron chi connectivity index (χ3n) is 5.03. The molecule has 0 spiro atoms. The molecule has 3 nitrogen and oxygen atoms in total. The fraction of sp³-hybridized carbons (Fsp3) is 0.625. The molecule has 2 aliphatic heterocycles. The molecule has 3 fully saturated rings. The zero-order valence-corrected chi connectivity index (χ0v) is 14.0. The number of aryl methyl sites for hydroxylation is 1. The van der Waals surface area contributed by atoms with Crippen molar-refractivity contribution < 1.29 is 8.42 Å². The number of sulfonamides is 1. The van der Waals surface area contributed by atoms with Crippen LogP contribution in [0.4, 0.5) is 0 Å². The molecule has 3 aliphatic rings. The molecule has 2 atom stereocenters. The van der Waals surface area contributed by atoms with Gasteiger partial charge in [0.05, 0.1) is 0 Å². The quantitative estimate of drug-likeness (QED) is 0.795. The SMILES string of the molecule is CCc1ccc(S(=O)(=O)N2C3CCC2CC(=C2CC2)C3)s1. The van der Waals surface area contributed by atoms with Gasteiger partial charge in [0.2, 0.25) is 0 Å². The smallest absolute Gasteiger partial charge is 0.206 e. The second-order valence-corrected chi connectivity index (χ2v) is 9.65. The van der Waals surface area contributed by atoms with E-state index in [2.05, 4.69) is 6.92 Å². The van der Waals surface area contributed by atoms with E-state index in [1.165, 1.54) is 24.2 Å². The molecular weight excluding hydrogens is 302 g/mol. The fourth-order valence-electron chi connectivity index (χ4n) is 3.86. The molecule has 0 N–H and O–H groups in total. The largest absolute Gasteiger partial charge is 0.253 e. The summed E-state index contributed by atoms with van der Waals surface area (Å²) in [6.07, 6.45) is 7.45. The first-order chi connectivity index (χ1) is 10.1. The number of nitrogens with zero attached hydrogens (tertiary/aromatic N) is 1. The molecule has 2 bridgehead atoms. The van der Waals surface area contributed by atoms with Gasteiger partial charge in [-0.3, -0.25) is 0 Å². The summed E-state index contributed by atoms with van der Waals surface area (Å²) in [5.41, 5.74) is 3.20. The maximum absolute atomic E-state index is 13.0. The molecule has 1 saturated carbocycles. The third-order valence-corrected chi connectivity index (χ3v) is 8.74. The molecule has 0 radical (unpaired) electrons. The number of hydrogen-bond donors (Lipinski definition) is 0.